The van der Waals surface area contributed by atoms with Crippen LogP contribution in [0.4, 0.5) is 5.69 Å². The number of nitrogens with one attached hydrogen (secondary N) is 1. The molecule has 1 aromatic heterocycles. The van der Waals surface area contributed by atoms with Gasteiger partial charge in [-0.1, -0.05) is 30.3 Å². The molecule has 0 bridgehead atoms. The number of benzene rings is 2. The van der Waals surface area contributed by atoms with Gasteiger partial charge < -0.3 is 10.2 Å². The van der Waals surface area contributed by atoms with Crippen molar-refractivity contribution in [1.82, 2.24) is 9.88 Å². The third kappa shape index (κ3) is 4.39. The van der Waals surface area contributed by atoms with Crippen LogP contribution in [0.25, 0.3) is 0 Å². The Hall–Kier alpha value is -3.47. The number of hydrogen-bond donors (Lipinski definition) is 1. The van der Waals surface area contributed by atoms with Crippen molar-refractivity contribution in [2.45, 2.75) is 13.0 Å². The average molecular weight is 359 g/mol. The van der Waals surface area contributed by atoms with Crippen LogP contribution in [-0.4, -0.2) is 28.7 Å². The van der Waals surface area contributed by atoms with E-state index in [1.807, 2.05) is 49.4 Å². The van der Waals surface area contributed by atoms with Crippen LogP contribution in [0.3, 0.4) is 0 Å². The van der Waals surface area contributed by atoms with Crippen LogP contribution in [0.2, 0.25) is 0 Å². The van der Waals surface area contributed by atoms with Gasteiger partial charge >= 0.3 is 0 Å². The van der Waals surface area contributed by atoms with E-state index in [0.29, 0.717) is 16.8 Å². The predicted octanol–water partition coefficient (Wildman–Crippen LogP) is 4.17. The molecule has 136 valence electrons. The van der Waals surface area contributed by atoms with Crippen molar-refractivity contribution in [2.24, 2.45) is 0 Å². The lowest BCUT2D eigenvalue weighted by Gasteiger charge is -2.26. The van der Waals surface area contributed by atoms with Gasteiger partial charge in [0.2, 0.25) is 0 Å². The fraction of sp³-hybridized carbons (Fsp3) is 0.136. The van der Waals surface area contributed by atoms with Crippen LogP contribution in [0.1, 0.15) is 39.2 Å². The molecule has 1 atom stereocenters. The van der Waals surface area contributed by atoms with E-state index >= 15 is 0 Å². The molecule has 0 aliphatic rings. The Morgan fingerprint density at radius 3 is 2.33 bits per heavy atom. The van der Waals surface area contributed by atoms with E-state index in [1.165, 1.54) is 0 Å². The molecule has 27 heavy (non-hydrogen) atoms. The molecule has 5 heteroatoms. The zero-order chi connectivity index (χ0) is 19.2. The summed E-state index contributed by atoms with van der Waals surface area (Å²) < 4.78 is 0. The maximum Gasteiger partial charge on any atom is 0.255 e. The second kappa shape index (κ2) is 8.27. The van der Waals surface area contributed by atoms with Gasteiger partial charge in [0.05, 0.1) is 6.04 Å². The number of aromatic nitrogens is 1. The Labute approximate surface area is 158 Å². The molecule has 0 aliphatic heterocycles. The summed E-state index contributed by atoms with van der Waals surface area (Å²) in [6.07, 6.45) is 3.21. The summed E-state index contributed by atoms with van der Waals surface area (Å²) >= 11 is 0. The molecule has 0 fully saturated rings. The Bertz CT molecular complexity index is 927. The lowest BCUT2D eigenvalue weighted by atomic mass is 10.1. The third-order valence-electron chi connectivity index (χ3n) is 4.49. The van der Waals surface area contributed by atoms with Crippen LogP contribution < -0.4 is 5.32 Å². The molecule has 2 aromatic carbocycles. The molecular weight excluding hydrogens is 338 g/mol. The van der Waals surface area contributed by atoms with Crippen LogP contribution in [-0.2, 0) is 0 Å². The van der Waals surface area contributed by atoms with Crippen molar-refractivity contribution in [1.29, 1.82) is 0 Å². The lowest BCUT2D eigenvalue weighted by molar-refractivity contribution is 0.0742. The minimum Gasteiger partial charge on any atom is -0.335 e. The Kier molecular flexibility index (Phi) is 5.61. The first kappa shape index (κ1) is 18.3. The highest BCUT2D eigenvalue weighted by Crippen LogP contribution is 2.23. The van der Waals surface area contributed by atoms with Crippen molar-refractivity contribution in [3.63, 3.8) is 0 Å². The Balaban J connectivity index is 1.74. The van der Waals surface area contributed by atoms with Gasteiger partial charge in [-0.25, -0.2) is 0 Å². The molecular formula is C22H21N3O2. The smallest absolute Gasteiger partial charge is 0.255 e. The number of nitrogens with zero attached hydrogens (tertiary/aromatic N) is 2. The van der Waals surface area contributed by atoms with Gasteiger partial charge in [0, 0.05) is 36.3 Å². The molecule has 1 heterocycles. The van der Waals surface area contributed by atoms with E-state index in [4.69, 9.17) is 0 Å². The van der Waals surface area contributed by atoms with Gasteiger partial charge in [0.1, 0.15) is 0 Å². The van der Waals surface area contributed by atoms with Crippen LogP contribution in [0, 0.1) is 0 Å². The van der Waals surface area contributed by atoms with Crippen LogP contribution in [0.5, 0.6) is 0 Å². The fourth-order valence-electron chi connectivity index (χ4n) is 2.77. The average Bonchev–Trinajstić information content (AvgIpc) is 2.73. The summed E-state index contributed by atoms with van der Waals surface area (Å²) in [5, 5.41) is 2.90. The molecule has 2 amide bonds. The lowest BCUT2D eigenvalue weighted by Crippen LogP contribution is -2.29. The molecule has 0 radical (unpaired) electrons. The monoisotopic (exact) mass is 359 g/mol. The van der Waals surface area contributed by atoms with E-state index in [-0.39, 0.29) is 17.9 Å². The molecule has 0 saturated carbocycles. The molecule has 0 aliphatic carbocycles. The van der Waals surface area contributed by atoms with Gasteiger partial charge in [0.25, 0.3) is 11.8 Å². The number of pyridine rings is 1. The van der Waals surface area contributed by atoms with Gasteiger partial charge in [-0.15, -0.1) is 0 Å². The fourth-order valence-corrected chi connectivity index (χ4v) is 2.77. The van der Waals surface area contributed by atoms with E-state index < -0.39 is 0 Å². The number of carbonyl (C=O) groups excluding carboxylic acids is 2. The Morgan fingerprint density at radius 1 is 0.926 bits per heavy atom. The standard InChI is InChI=1S/C22H21N3O2/c1-16(25(2)22(27)18-11-13-23-14-12-18)19-9-6-10-20(15-19)24-21(26)17-7-4-3-5-8-17/h3-16H,1-2H3,(H,24,26)/t16-/m0/s1. The second-order valence-electron chi connectivity index (χ2n) is 6.27. The first-order valence-corrected chi connectivity index (χ1v) is 8.70. The highest BCUT2D eigenvalue weighted by atomic mass is 16.2. The summed E-state index contributed by atoms with van der Waals surface area (Å²) in [5.74, 6) is -0.245. The summed E-state index contributed by atoms with van der Waals surface area (Å²) in [5.41, 5.74) is 2.82. The molecule has 0 saturated heterocycles. The minimum atomic E-state index is -0.165. The Morgan fingerprint density at radius 2 is 1.63 bits per heavy atom. The predicted molar refractivity (Wildman–Crippen MR) is 106 cm³/mol. The number of carbonyl (C=O) groups is 2. The molecule has 3 rings (SSSR count). The topological polar surface area (TPSA) is 62.3 Å². The SMILES string of the molecule is C[C@@H](c1cccc(NC(=O)c2ccccc2)c1)N(C)C(=O)c1ccncc1. The minimum absolute atomic E-state index is 0.0800. The maximum atomic E-state index is 12.6. The summed E-state index contributed by atoms with van der Waals surface area (Å²) in [6.45, 7) is 1.96. The van der Waals surface area contributed by atoms with E-state index in [0.717, 1.165) is 5.56 Å². The number of hydrogen-bond acceptors (Lipinski definition) is 3. The van der Waals surface area contributed by atoms with Crippen molar-refractivity contribution in [3.8, 4) is 0 Å². The molecule has 5 nitrogen and oxygen atoms in total. The quantitative estimate of drug-likeness (QED) is 0.744. The second-order valence-corrected chi connectivity index (χ2v) is 6.27. The molecule has 0 unspecified atom stereocenters. The number of anilines is 1. The van der Waals surface area contributed by atoms with Crippen LogP contribution >= 0.6 is 0 Å². The van der Waals surface area contributed by atoms with Crippen LogP contribution in [0.15, 0.2) is 79.1 Å². The maximum absolute atomic E-state index is 12.6. The van der Waals surface area contributed by atoms with Gasteiger partial charge in [-0.2, -0.15) is 0 Å². The van der Waals surface area contributed by atoms with Gasteiger partial charge in [-0.05, 0) is 48.9 Å². The highest BCUT2D eigenvalue weighted by molar-refractivity contribution is 6.04. The highest BCUT2D eigenvalue weighted by Gasteiger charge is 2.19. The zero-order valence-corrected chi connectivity index (χ0v) is 15.3. The van der Waals surface area contributed by atoms with Gasteiger partial charge in [-0.3, -0.25) is 14.6 Å². The molecule has 3 aromatic rings. The van der Waals surface area contributed by atoms with Crippen molar-refractivity contribution in [3.05, 3.63) is 95.8 Å². The largest absolute Gasteiger partial charge is 0.335 e. The van der Waals surface area contributed by atoms with E-state index in [9.17, 15) is 9.59 Å². The summed E-state index contributed by atoms with van der Waals surface area (Å²) in [7, 11) is 1.77. The molecule has 1 N–H and O–H groups in total. The molecule has 0 spiro atoms. The van der Waals surface area contributed by atoms with Crippen molar-refractivity contribution in [2.75, 3.05) is 12.4 Å². The first-order chi connectivity index (χ1) is 13.1. The number of rotatable bonds is 5. The van der Waals surface area contributed by atoms with Crippen molar-refractivity contribution < 1.29 is 9.59 Å². The van der Waals surface area contributed by atoms with Crippen molar-refractivity contribution >= 4 is 17.5 Å². The number of amides is 2. The third-order valence-corrected chi connectivity index (χ3v) is 4.49. The summed E-state index contributed by atoms with van der Waals surface area (Å²) in [4.78, 5) is 30.6. The van der Waals surface area contributed by atoms with Gasteiger partial charge in [0.15, 0.2) is 0 Å². The van der Waals surface area contributed by atoms with E-state index in [1.54, 1.807) is 48.6 Å². The normalized spacial score (nSPS) is 11.5. The van der Waals surface area contributed by atoms with E-state index in [2.05, 4.69) is 10.3 Å². The first-order valence-electron chi connectivity index (χ1n) is 8.70. The zero-order valence-electron chi connectivity index (χ0n) is 15.3. The summed E-state index contributed by atoms with van der Waals surface area (Å²) in [6, 6.07) is 19.8.